The van der Waals surface area contributed by atoms with Crippen LogP contribution in [0.3, 0.4) is 0 Å². The molecule has 0 aliphatic rings. The highest BCUT2D eigenvalue weighted by atomic mass is 32.2. The van der Waals surface area contributed by atoms with E-state index in [9.17, 15) is 18.0 Å². The van der Waals surface area contributed by atoms with Crippen LogP contribution in [0.25, 0.3) is 0 Å². The number of methoxy groups -OCH3 is 1. The molecule has 10 heteroatoms. The van der Waals surface area contributed by atoms with Crippen LogP contribution in [0, 0.1) is 12.8 Å². The number of aromatic nitrogens is 1. The summed E-state index contributed by atoms with van der Waals surface area (Å²) in [6.45, 7) is 4.67. The summed E-state index contributed by atoms with van der Waals surface area (Å²) in [5.74, 6) is -1.39. The summed E-state index contributed by atoms with van der Waals surface area (Å²) < 4.78 is 30.5. The fourth-order valence-electron chi connectivity index (χ4n) is 1.53. The van der Waals surface area contributed by atoms with E-state index in [0.717, 1.165) is 11.3 Å². The van der Waals surface area contributed by atoms with Crippen LogP contribution in [-0.4, -0.2) is 45.0 Å². The molecule has 0 spiro atoms. The first kappa shape index (κ1) is 18.5. The molecule has 0 unspecified atom stereocenters. The summed E-state index contributed by atoms with van der Waals surface area (Å²) in [5, 5.41) is 4.04. The van der Waals surface area contributed by atoms with E-state index in [-0.39, 0.29) is 10.3 Å². The number of carbonyl (C=O) groups excluding carboxylic acids is 2. The molecule has 0 saturated heterocycles. The Labute approximate surface area is 133 Å². The van der Waals surface area contributed by atoms with E-state index in [1.54, 1.807) is 26.2 Å². The predicted molar refractivity (Wildman–Crippen MR) is 80.8 cm³/mol. The van der Waals surface area contributed by atoms with Gasteiger partial charge >= 0.3 is 5.97 Å². The molecule has 1 atom stereocenters. The number of sulfonamides is 1. The van der Waals surface area contributed by atoms with Crippen molar-refractivity contribution in [2.45, 2.75) is 31.2 Å². The molecule has 0 aliphatic carbocycles. The van der Waals surface area contributed by atoms with Crippen molar-refractivity contribution >= 4 is 33.2 Å². The third-order valence-corrected chi connectivity index (χ3v) is 5.46. The zero-order valence-electron chi connectivity index (χ0n) is 12.7. The van der Waals surface area contributed by atoms with Gasteiger partial charge < -0.3 is 10.1 Å². The highest BCUT2D eigenvalue weighted by molar-refractivity contribution is 7.91. The van der Waals surface area contributed by atoms with Crippen LogP contribution in [-0.2, 0) is 24.3 Å². The second-order valence-corrected chi connectivity index (χ2v) is 7.69. The number of hydrogen-bond acceptors (Lipinski definition) is 7. The Hall–Kier alpha value is -1.52. The zero-order valence-corrected chi connectivity index (χ0v) is 14.4. The van der Waals surface area contributed by atoms with Gasteiger partial charge in [-0.2, -0.15) is 4.72 Å². The molecule has 0 aromatic carbocycles. The van der Waals surface area contributed by atoms with Gasteiger partial charge in [-0.3, -0.25) is 4.79 Å². The largest absolute Gasteiger partial charge is 0.467 e. The average Bonchev–Trinajstić information content (AvgIpc) is 2.89. The summed E-state index contributed by atoms with van der Waals surface area (Å²) in [4.78, 5) is 27.2. The third-order valence-electron chi connectivity index (χ3n) is 2.69. The smallest absolute Gasteiger partial charge is 0.328 e. The Morgan fingerprint density at radius 3 is 2.50 bits per heavy atom. The summed E-state index contributed by atoms with van der Waals surface area (Å²) >= 11 is 0.968. The summed E-state index contributed by atoms with van der Waals surface area (Å²) in [6, 6.07) is -0.830. The Morgan fingerprint density at radius 2 is 2.05 bits per heavy atom. The van der Waals surface area contributed by atoms with Crippen LogP contribution in [0.5, 0.6) is 0 Å². The number of ether oxygens (including phenoxy) is 1. The first-order valence-electron chi connectivity index (χ1n) is 6.46. The Balaban J connectivity index is 2.64. The molecular weight excluding hydrogens is 330 g/mol. The zero-order chi connectivity index (χ0) is 16.9. The average molecular weight is 349 g/mol. The molecule has 8 nitrogen and oxygen atoms in total. The number of rotatable bonds is 7. The highest BCUT2D eigenvalue weighted by Gasteiger charge is 2.26. The first-order chi connectivity index (χ1) is 10.2. The number of nitrogens with zero attached hydrogens (tertiary/aromatic N) is 1. The minimum atomic E-state index is -3.84. The molecule has 1 rings (SSSR count). The maximum Gasteiger partial charge on any atom is 0.328 e. The molecule has 2 N–H and O–H groups in total. The van der Waals surface area contributed by atoms with Gasteiger partial charge in [0, 0.05) is 11.1 Å². The monoisotopic (exact) mass is 349 g/mol. The van der Waals surface area contributed by atoms with Gasteiger partial charge in [-0.05, 0) is 12.8 Å². The van der Waals surface area contributed by atoms with E-state index >= 15 is 0 Å². The standard InChI is InChI=1S/C12H19N3O5S2/c1-7(2)10(11(17)20-4)15-9(16)5-13-22(18,19)12-14-8(3)6-21-12/h6-7,10,13H,5H2,1-4H3,(H,15,16)/t10-/m1/s1. The minimum absolute atomic E-state index is 0.105. The minimum Gasteiger partial charge on any atom is -0.467 e. The van der Waals surface area contributed by atoms with E-state index < -0.39 is 34.5 Å². The van der Waals surface area contributed by atoms with E-state index in [4.69, 9.17) is 0 Å². The van der Waals surface area contributed by atoms with E-state index in [0.29, 0.717) is 5.69 Å². The lowest BCUT2D eigenvalue weighted by Gasteiger charge is -2.19. The topological polar surface area (TPSA) is 114 Å². The van der Waals surface area contributed by atoms with Crippen molar-refractivity contribution in [1.82, 2.24) is 15.0 Å². The first-order valence-corrected chi connectivity index (χ1v) is 8.82. The van der Waals surface area contributed by atoms with Crippen LogP contribution < -0.4 is 10.0 Å². The molecule has 1 heterocycles. The number of carbonyl (C=O) groups is 2. The molecule has 22 heavy (non-hydrogen) atoms. The van der Waals surface area contributed by atoms with Crippen molar-refractivity contribution in [2.24, 2.45) is 5.92 Å². The van der Waals surface area contributed by atoms with Crippen LogP contribution in [0.4, 0.5) is 0 Å². The third kappa shape index (κ3) is 5.04. The number of nitrogens with one attached hydrogen (secondary N) is 2. The Kier molecular flexibility index (Phi) is 6.45. The second-order valence-electron chi connectivity index (χ2n) is 4.89. The lowest BCUT2D eigenvalue weighted by Crippen LogP contribution is -2.48. The quantitative estimate of drug-likeness (QED) is 0.672. The summed E-state index contributed by atoms with van der Waals surface area (Å²) in [7, 11) is -2.62. The van der Waals surface area contributed by atoms with Gasteiger partial charge in [-0.25, -0.2) is 18.2 Å². The van der Waals surface area contributed by atoms with E-state index in [1.165, 1.54) is 7.11 Å². The van der Waals surface area contributed by atoms with Crippen molar-refractivity contribution in [3.05, 3.63) is 11.1 Å². The molecular formula is C12H19N3O5S2. The van der Waals surface area contributed by atoms with Crippen LogP contribution in [0.15, 0.2) is 9.72 Å². The summed E-state index contributed by atoms with van der Waals surface area (Å²) in [6.07, 6.45) is 0. The van der Waals surface area contributed by atoms with Crippen LogP contribution in [0.1, 0.15) is 19.5 Å². The molecule has 1 aromatic rings. The normalized spacial score (nSPS) is 13.0. The van der Waals surface area contributed by atoms with Gasteiger partial charge in [-0.1, -0.05) is 13.8 Å². The van der Waals surface area contributed by atoms with Crippen LogP contribution >= 0.6 is 11.3 Å². The van der Waals surface area contributed by atoms with Crippen molar-refractivity contribution in [3.63, 3.8) is 0 Å². The molecule has 0 radical (unpaired) electrons. The predicted octanol–water partition coefficient (Wildman–Crippen LogP) is 0.0436. The number of amides is 1. The van der Waals surface area contributed by atoms with Gasteiger partial charge in [0.25, 0.3) is 10.0 Å². The highest BCUT2D eigenvalue weighted by Crippen LogP contribution is 2.14. The fourth-order valence-corrected chi connectivity index (χ4v) is 3.58. The van der Waals surface area contributed by atoms with Crippen molar-refractivity contribution in [1.29, 1.82) is 0 Å². The molecule has 0 fully saturated rings. The Morgan fingerprint density at radius 1 is 1.41 bits per heavy atom. The second kappa shape index (κ2) is 7.65. The van der Waals surface area contributed by atoms with Gasteiger partial charge in [0.1, 0.15) is 6.04 Å². The fraction of sp³-hybridized carbons (Fsp3) is 0.583. The Bertz CT molecular complexity index is 639. The van der Waals surface area contributed by atoms with E-state index in [1.807, 2.05) is 0 Å². The van der Waals surface area contributed by atoms with Gasteiger partial charge in [0.15, 0.2) is 0 Å². The molecule has 1 amide bonds. The maximum absolute atomic E-state index is 11.9. The van der Waals surface area contributed by atoms with E-state index in [2.05, 4.69) is 19.8 Å². The van der Waals surface area contributed by atoms with Gasteiger partial charge in [-0.15, -0.1) is 11.3 Å². The molecule has 0 aliphatic heterocycles. The lowest BCUT2D eigenvalue weighted by atomic mass is 10.0. The number of thiazole rings is 1. The molecule has 0 bridgehead atoms. The molecule has 124 valence electrons. The summed E-state index contributed by atoms with van der Waals surface area (Å²) in [5.41, 5.74) is 0.584. The van der Waals surface area contributed by atoms with Gasteiger partial charge in [0.2, 0.25) is 10.2 Å². The molecule has 0 saturated carbocycles. The number of esters is 1. The SMILES string of the molecule is COC(=O)[C@H](NC(=O)CNS(=O)(=O)c1nc(C)cs1)C(C)C. The van der Waals surface area contributed by atoms with Gasteiger partial charge in [0.05, 0.1) is 13.7 Å². The van der Waals surface area contributed by atoms with Crippen molar-refractivity contribution in [3.8, 4) is 0 Å². The van der Waals surface area contributed by atoms with Crippen LogP contribution in [0.2, 0.25) is 0 Å². The van der Waals surface area contributed by atoms with Crippen molar-refractivity contribution < 1.29 is 22.7 Å². The molecule has 1 aromatic heterocycles. The maximum atomic E-state index is 11.9. The lowest BCUT2D eigenvalue weighted by molar-refractivity contribution is -0.146. The van der Waals surface area contributed by atoms with Crippen molar-refractivity contribution in [2.75, 3.05) is 13.7 Å². The number of aryl methyl sites for hydroxylation is 1. The number of hydrogen-bond donors (Lipinski definition) is 2.